The van der Waals surface area contributed by atoms with Crippen LogP contribution in [0.1, 0.15) is 112 Å². The monoisotopic (exact) mass is 330 g/mol. The highest BCUT2D eigenvalue weighted by molar-refractivity contribution is 7.65. The van der Waals surface area contributed by atoms with Crippen molar-refractivity contribution in [2.24, 2.45) is 0 Å². The molecule has 0 unspecified atom stereocenters. The Morgan fingerprint density at radius 3 is 1.41 bits per heavy atom. The van der Waals surface area contributed by atoms with E-state index in [1.165, 1.54) is 77.0 Å². The molecule has 0 aromatic rings. The van der Waals surface area contributed by atoms with Crippen molar-refractivity contribution >= 4 is 7.14 Å². The number of hydrogen-bond acceptors (Lipinski definition) is 1. The summed E-state index contributed by atoms with van der Waals surface area (Å²) in [6.45, 7) is 10.2. The van der Waals surface area contributed by atoms with E-state index in [0.717, 1.165) is 6.16 Å². The van der Waals surface area contributed by atoms with Gasteiger partial charge in [0.2, 0.25) is 0 Å². The lowest BCUT2D eigenvalue weighted by Crippen LogP contribution is -2.25. The van der Waals surface area contributed by atoms with Crippen LogP contribution in [0.4, 0.5) is 0 Å². The molecule has 0 atom stereocenters. The molecule has 1 nitrogen and oxygen atoms in total. The van der Waals surface area contributed by atoms with Crippen LogP contribution in [-0.4, -0.2) is 17.5 Å². The van der Waals surface area contributed by atoms with Crippen molar-refractivity contribution < 1.29 is 4.57 Å². The molecule has 0 radical (unpaired) electrons. The molecule has 0 aliphatic heterocycles. The summed E-state index contributed by atoms with van der Waals surface area (Å²) in [5, 5.41) is 0. The number of unbranched alkanes of at least 4 members (excludes halogenated alkanes) is 1. The van der Waals surface area contributed by atoms with Crippen molar-refractivity contribution in [2.75, 3.05) is 6.16 Å². The minimum absolute atomic E-state index is 0.612. The second-order valence-electron chi connectivity index (χ2n) is 6.51. The van der Waals surface area contributed by atoms with Crippen LogP contribution < -0.4 is 0 Å². The minimum atomic E-state index is -1.89. The number of rotatable bonds is 5. The fourth-order valence-corrected chi connectivity index (χ4v) is 8.72. The summed E-state index contributed by atoms with van der Waals surface area (Å²) in [7, 11) is -1.89. The second kappa shape index (κ2) is 13.6. The van der Waals surface area contributed by atoms with Gasteiger partial charge in [0.1, 0.15) is 0 Å². The van der Waals surface area contributed by atoms with Gasteiger partial charge in [-0.25, -0.2) is 0 Å². The Kier molecular flexibility index (Phi) is 13.8. The summed E-state index contributed by atoms with van der Waals surface area (Å²) >= 11 is 0. The van der Waals surface area contributed by atoms with E-state index in [9.17, 15) is 4.57 Å². The average molecular weight is 331 g/mol. The summed E-state index contributed by atoms with van der Waals surface area (Å²) in [6.07, 6.45) is 16.7. The van der Waals surface area contributed by atoms with E-state index >= 15 is 0 Å². The topological polar surface area (TPSA) is 17.1 Å². The third kappa shape index (κ3) is 6.77. The van der Waals surface area contributed by atoms with Gasteiger partial charge in [-0.3, -0.25) is 0 Å². The molecule has 2 saturated carbocycles. The average Bonchev–Trinajstić information content (AvgIpc) is 2.64. The van der Waals surface area contributed by atoms with Crippen LogP contribution in [-0.2, 0) is 4.57 Å². The summed E-state index contributed by atoms with van der Waals surface area (Å²) in [6, 6.07) is 0. The van der Waals surface area contributed by atoms with E-state index in [4.69, 9.17) is 0 Å². The maximum Gasteiger partial charge on any atom is 0.0935 e. The van der Waals surface area contributed by atoms with Crippen LogP contribution >= 0.6 is 7.14 Å². The Morgan fingerprint density at radius 2 is 1.09 bits per heavy atom. The highest BCUT2D eigenvalue weighted by Gasteiger charge is 2.40. The molecule has 2 fully saturated rings. The maximum atomic E-state index is 13.7. The lowest BCUT2D eigenvalue weighted by molar-refractivity contribution is 0.446. The molecule has 2 heteroatoms. The highest BCUT2D eigenvalue weighted by atomic mass is 31.2. The first kappa shape index (κ1) is 22.2. The Hall–Kier alpha value is 0.230. The molecule has 2 aliphatic carbocycles. The van der Waals surface area contributed by atoms with Gasteiger partial charge in [0.15, 0.2) is 0 Å². The van der Waals surface area contributed by atoms with E-state index < -0.39 is 7.14 Å². The van der Waals surface area contributed by atoms with Gasteiger partial charge < -0.3 is 4.57 Å². The normalized spacial score (nSPS) is 20.4. The van der Waals surface area contributed by atoms with E-state index in [0.29, 0.717) is 11.3 Å². The predicted octanol–water partition coefficient (Wildman–Crippen LogP) is 7.87. The summed E-state index contributed by atoms with van der Waals surface area (Å²) in [5.74, 6) is 0. The SMILES string of the molecule is CC.CC.CCCCP(=O)(C1CCCCC1)C1CCCCC1. The highest BCUT2D eigenvalue weighted by Crippen LogP contribution is 2.63. The fourth-order valence-electron chi connectivity index (χ4n) is 4.10. The Balaban J connectivity index is 0.00000102. The Labute approximate surface area is 141 Å². The van der Waals surface area contributed by atoms with Gasteiger partial charge in [-0.2, -0.15) is 0 Å². The molecule has 0 spiro atoms. The van der Waals surface area contributed by atoms with E-state index in [1.54, 1.807) is 0 Å². The molecule has 22 heavy (non-hydrogen) atoms. The summed E-state index contributed by atoms with van der Waals surface area (Å²) in [4.78, 5) is 0. The fraction of sp³-hybridized carbons (Fsp3) is 1.00. The molecule has 0 aromatic heterocycles. The van der Waals surface area contributed by atoms with Crippen LogP contribution in [0.5, 0.6) is 0 Å². The Morgan fingerprint density at radius 1 is 0.727 bits per heavy atom. The lowest BCUT2D eigenvalue weighted by Gasteiger charge is -2.38. The molecule has 2 aliphatic rings. The van der Waals surface area contributed by atoms with Crippen LogP contribution in [0.3, 0.4) is 0 Å². The van der Waals surface area contributed by atoms with Crippen molar-refractivity contribution in [3.8, 4) is 0 Å². The van der Waals surface area contributed by atoms with Gasteiger partial charge in [-0.1, -0.05) is 79.6 Å². The van der Waals surface area contributed by atoms with Crippen molar-refractivity contribution in [3.05, 3.63) is 0 Å². The molecule has 2 rings (SSSR count). The molecule has 0 aromatic carbocycles. The predicted molar refractivity (Wildman–Crippen MR) is 104 cm³/mol. The van der Waals surface area contributed by atoms with Gasteiger partial charge >= 0.3 is 0 Å². The van der Waals surface area contributed by atoms with E-state index in [-0.39, 0.29) is 0 Å². The van der Waals surface area contributed by atoms with E-state index in [2.05, 4.69) is 6.92 Å². The maximum absolute atomic E-state index is 13.7. The van der Waals surface area contributed by atoms with Crippen molar-refractivity contribution in [3.63, 3.8) is 0 Å². The van der Waals surface area contributed by atoms with Gasteiger partial charge in [-0.05, 0) is 32.1 Å². The molecule has 0 bridgehead atoms. The molecule has 0 amide bonds. The van der Waals surface area contributed by atoms with E-state index in [1.807, 2.05) is 27.7 Å². The zero-order valence-corrected chi connectivity index (χ0v) is 17.1. The standard InChI is InChI=1S/C16H31OP.2C2H6/c1-2-3-14-18(17,15-10-6-4-7-11-15)16-12-8-5-9-13-16;2*1-2/h15-16H,2-14H2,1H3;2*1-2H3. The summed E-state index contributed by atoms with van der Waals surface area (Å²) in [5.41, 5.74) is 1.22. The van der Waals surface area contributed by atoms with Gasteiger partial charge in [0.25, 0.3) is 0 Å². The smallest absolute Gasteiger partial charge is 0.0935 e. The minimum Gasteiger partial charge on any atom is -0.323 e. The van der Waals surface area contributed by atoms with Crippen LogP contribution in [0, 0.1) is 0 Å². The molecule has 0 heterocycles. The van der Waals surface area contributed by atoms with Crippen LogP contribution in [0.25, 0.3) is 0 Å². The van der Waals surface area contributed by atoms with Gasteiger partial charge in [0, 0.05) is 17.5 Å². The lowest BCUT2D eigenvalue weighted by atomic mass is 9.99. The number of hydrogen-bond donors (Lipinski definition) is 0. The largest absolute Gasteiger partial charge is 0.323 e. The van der Waals surface area contributed by atoms with Crippen molar-refractivity contribution in [1.82, 2.24) is 0 Å². The molecular formula is C20H43OP. The van der Waals surface area contributed by atoms with Crippen LogP contribution in [0.15, 0.2) is 0 Å². The zero-order valence-electron chi connectivity index (χ0n) is 16.2. The molecule has 134 valence electrons. The van der Waals surface area contributed by atoms with Crippen molar-refractivity contribution in [1.29, 1.82) is 0 Å². The van der Waals surface area contributed by atoms with Crippen molar-refractivity contribution in [2.45, 2.75) is 123 Å². The first-order valence-corrected chi connectivity index (χ1v) is 12.4. The zero-order chi connectivity index (χ0) is 16.8. The Bertz CT molecular complexity index is 253. The first-order valence-electron chi connectivity index (χ1n) is 10.4. The van der Waals surface area contributed by atoms with Crippen LogP contribution in [0.2, 0.25) is 0 Å². The van der Waals surface area contributed by atoms with Gasteiger partial charge in [-0.15, -0.1) is 0 Å². The van der Waals surface area contributed by atoms with Gasteiger partial charge in [0.05, 0.1) is 7.14 Å². The third-order valence-corrected chi connectivity index (χ3v) is 9.77. The molecule has 0 N–H and O–H groups in total. The quantitative estimate of drug-likeness (QED) is 0.469. The third-order valence-electron chi connectivity index (χ3n) is 5.25. The summed E-state index contributed by atoms with van der Waals surface area (Å²) < 4.78 is 13.7. The first-order chi connectivity index (χ1) is 10.8. The molecular weight excluding hydrogens is 287 g/mol. The second-order valence-corrected chi connectivity index (χ2v) is 10.1. The molecule has 0 saturated heterocycles.